The van der Waals surface area contributed by atoms with Gasteiger partial charge in [-0.25, -0.2) is 0 Å². The van der Waals surface area contributed by atoms with Crippen LogP contribution in [-0.4, -0.2) is 10.9 Å². The van der Waals surface area contributed by atoms with Crippen molar-refractivity contribution in [3.63, 3.8) is 0 Å². The third-order valence-electron chi connectivity index (χ3n) is 1.53. The summed E-state index contributed by atoms with van der Waals surface area (Å²) >= 11 is 0. The molecule has 1 aromatic carbocycles. The van der Waals surface area contributed by atoms with E-state index in [1.54, 1.807) is 18.2 Å². The summed E-state index contributed by atoms with van der Waals surface area (Å²) in [5.74, 6) is 0. The minimum absolute atomic E-state index is 0.0370. The Morgan fingerprint density at radius 3 is 2.42 bits per heavy atom. The molecule has 1 N–H and O–H groups in total. The van der Waals surface area contributed by atoms with Crippen LogP contribution in [-0.2, 0) is 0 Å². The first-order valence-corrected chi connectivity index (χ1v) is 3.47. The number of benzene rings is 1. The molecule has 0 radical (unpaired) electrons. The van der Waals surface area contributed by atoms with Crippen LogP contribution in [0, 0.1) is 18.3 Å². The van der Waals surface area contributed by atoms with Gasteiger partial charge in [0, 0.05) is 5.56 Å². The number of rotatable bonds is 1. The second kappa shape index (κ2) is 3.54. The van der Waals surface area contributed by atoms with Crippen LogP contribution in [0.25, 0.3) is 0 Å². The topological polar surface area (TPSA) is 56.4 Å². The lowest BCUT2D eigenvalue weighted by atomic mass is 10.1. The van der Waals surface area contributed by atoms with E-state index in [2.05, 4.69) is 5.16 Å². The molecular weight excluding hydrogens is 152 g/mol. The van der Waals surface area contributed by atoms with Crippen LogP contribution in [0.15, 0.2) is 29.4 Å². The quantitative estimate of drug-likeness (QED) is 0.386. The van der Waals surface area contributed by atoms with Crippen LogP contribution in [0.1, 0.15) is 11.1 Å². The van der Waals surface area contributed by atoms with Gasteiger partial charge in [-0.15, -0.1) is 0 Å². The van der Waals surface area contributed by atoms with E-state index in [-0.39, 0.29) is 5.71 Å². The molecule has 1 rings (SSSR count). The van der Waals surface area contributed by atoms with Crippen LogP contribution in [0.2, 0.25) is 0 Å². The molecule has 1 aromatic rings. The minimum atomic E-state index is 0.0370. The summed E-state index contributed by atoms with van der Waals surface area (Å²) in [7, 11) is 0. The Balaban J connectivity index is 3.06. The molecule has 0 atom stereocenters. The molecule has 0 aromatic heterocycles. The maximum absolute atomic E-state index is 8.51. The fourth-order valence-electron chi connectivity index (χ4n) is 0.856. The fraction of sp³-hybridized carbons (Fsp3) is 0.111. The van der Waals surface area contributed by atoms with E-state index in [9.17, 15) is 0 Å². The molecule has 12 heavy (non-hydrogen) atoms. The maximum atomic E-state index is 8.51. The highest BCUT2D eigenvalue weighted by Gasteiger charge is 2.00. The normalized spacial score (nSPS) is 10.8. The van der Waals surface area contributed by atoms with Gasteiger partial charge >= 0.3 is 0 Å². The number of oxime groups is 1. The van der Waals surface area contributed by atoms with Crippen LogP contribution in [0.4, 0.5) is 0 Å². The lowest BCUT2D eigenvalue weighted by Gasteiger charge is -1.95. The van der Waals surface area contributed by atoms with Crippen molar-refractivity contribution in [1.29, 1.82) is 5.26 Å². The van der Waals surface area contributed by atoms with E-state index < -0.39 is 0 Å². The summed E-state index contributed by atoms with van der Waals surface area (Å²) in [5, 5.41) is 19.8. The van der Waals surface area contributed by atoms with Crippen molar-refractivity contribution in [2.24, 2.45) is 5.16 Å². The molecule has 0 heterocycles. The molecule has 60 valence electrons. The third kappa shape index (κ3) is 1.61. The highest BCUT2D eigenvalue weighted by molar-refractivity contribution is 6.11. The smallest absolute Gasteiger partial charge is 0.186 e. The zero-order valence-corrected chi connectivity index (χ0v) is 6.65. The number of nitrogens with zero attached hydrogens (tertiary/aromatic N) is 2. The Labute approximate surface area is 70.6 Å². The number of hydrogen-bond acceptors (Lipinski definition) is 3. The van der Waals surface area contributed by atoms with Gasteiger partial charge in [-0.05, 0) is 6.92 Å². The van der Waals surface area contributed by atoms with Crippen LogP contribution >= 0.6 is 0 Å². The first-order chi connectivity index (χ1) is 5.77. The Bertz CT molecular complexity index is 333. The Hall–Kier alpha value is -1.82. The molecule has 0 saturated heterocycles. The zero-order chi connectivity index (χ0) is 8.97. The average molecular weight is 160 g/mol. The van der Waals surface area contributed by atoms with Gasteiger partial charge in [-0.1, -0.05) is 35.0 Å². The molecule has 0 aliphatic rings. The summed E-state index contributed by atoms with van der Waals surface area (Å²) in [6.45, 7) is 1.95. The second-order valence-corrected chi connectivity index (χ2v) is 2.43. The van der Waals surface area contributed by atoms with Gasteiger partial charge in [0.05, 0.1) is 0 Å². The number of nitriles is 1. The summed E-state index contributed by atoms with van der Waals surface area (Å²) < 4.78 is 0. The van der Waals surface area contributed by atoms with E-state index in [0.29, 0.717) is 5.56 Å². The van der Waals surface area contributed by atoms with Crippen LogP contribution in [0.3, 0.4) is 0 Å². The fourth-order valence-corrected chi connectivity index (χ4v) is 0.856. The largest absolute Gasteiger partial charge is 0.410 e. The number of hydrogen-bond donors (Lipinski definition) is 1. The SMILES string of the molecule is Cc1ccc(/C(C#N)=N\O)cc1. The molecule has 0 spiro atoms. The van der Waals surface area contributed by atoms with Crippen molar-refractivity contribution in [2.45, 2.75) is 6.92 Å². The van der Waals surface area contributed by atoms with E-state index in [0.717, 1.165) is 5.56 Å². The van der Waals surface area contributed by atoms with Crippen molar-refractivity contribution in [2.75, 3.05) is 0 Å². The molecule has 3 nitrogen and oxygen atoms in total. The van der Waals surface area contributed by atoms with E-state index in [1.165, 1.54) is 0 Å². The van der Waals surface area contributed by atoms with Crippen LogP contribution < -0.4 is 0 Å². The average Bonchev–Trinajstić information content (AvgIpc) is 2.10. The Kier molecular flexibility index (Phi) is 2.44. The van der Waals surface area contributed by atoms with Crippen molar-refractivity contribution in [1.82, 2.24) is 0 Å². The highest BCUT2D eigenvalue weighted by atomic mass is 16.4. The predicted molar refractivity (Wildman–Crippen MR) is 45.1 cm³/mol. The maximum Gasteiger partial charge on any atom is 0.186 e. The van der Waals surface area contributed by atoms with Crippen LogP contribution in [0.5, 0.6) is 0 Å². The van der Waals surface area contributed by atoms with Gasteiger partial charge in [0.2, 0.25) is 0 Å². The highest BCUT2D eigenvalue weighted by Crippen LogP contribution is 2.03. The summed E-state index contributed by atoms with van der Waals surface area (Å²) in [6.07, 6.45) is 0. The summed E-state index contributed by atoms with van der Waals surface area (Å²) in [5.41, 5.74) is 1.77. The third-order valence-corrected chi connectivity index (χ3v) is 1.53. The summed E-state index contributed by atoms with van der Waals surface area (Å²) in [4.78, 5) is 0. The van der Waals surface area contributed by atoms with Gasteiger partial charge in [-0.2, -0.15) is 5.26 Å². The Morgan fingerprint density at radius 1 is 1.42 bits per heavy atom. The molecule has 0 aliphatic heterocycles. The molecular formula is C9H8N2O. The Morgan fingerprint density at radius 2 is 2.00 bits per heavy atom. The molecule has 0 aliphatic carbocycles. The van der Waals surface area contributed by atoms with Crippen molar-refractivity contribution >= 4 is 5.71 Å². The van der Waals surface area contributed by atoms with E-state index in [1.807, 2.05) is 19.1 Å². The van der Waals surface area contributed by atoms with Crippen molar-refractivity contribution in [3.8, 4) is 6.07 Å². The van der Waals surface area contributed by atoms with Gasteiger partial charge < -0.3 is 5.21 Å². The standard InChI is InChI=1S/C9H8N2O/c1-7-2-4-8(5-3-7)9(6-10)11-12/h2-5,12H,1H3/b11-9-. The zero-order valence-electron chi connectivity index (χ0n) is 6.65. The molecule has 3 heteroatoms. The van der Waals surface area contributed by atoms with E-state index in [4.69, 9.17) is 10.5 Å². The van der Waals surface area contributed by atoms with Crippen molar-refractivity contribution in [3.05, 3.63) is 35.4 Å². The monoisotopic (exact) mass is 160 g/mol. The van der Waals surface area contributed by atoms with E-state index >= 15 is 0 Å². The molecule has 0 unspecified atom stereocenters. The molecule has 0 saturated carbocycles. The van der Waals surface area contributed by atoms with Gasteiger partial charge in [0.25, 0.3) is 0 Å². The van der Waals surface area contributed by atoms with Gasteiger partial charge in [-0.3, -0.25) is 0 Å². The van der Waals surface area contributed by atoms with Crippen molar-refractivity contribution < 1.29 is 5.21 Å². The molecule has 0 bridgehead atoms. The minimum Gasteiger partial charge on any atom is -0.410 e. The lowest BCUT2D eigenvalue weighted by Crippen LogP contribution is -1.96. The van der Waals surface area contributed by atoms with Gasteiger partial charge in [0.1, 0.15) is 6.07 Å². The molecule has 0 amide bonds. The summed E-state index contributed by atoms with van der Waals surface area (Å²) in [6, 6.07) is 8.99. The number of aryl methyl sites for hydroxylation is 1. The predicted octanol–water partition coefficient (Wildman–Crippen LogP) is 1.70. The first-order valence-electron chi connectivity index (χ1n) is 3.47. The first kappa shape index (κ1) is 8.28. The lowest BCUT2D eigenvalue weighted by molar-refractivity contribution is 0.320. The second-order valence-electron chi connectivity index (χ2n) is 2.43. The van der Waals surface area contributed by atoms with Gasteiger partial charge in [0.15, 0.2) is 5.71 Å². The molecule has 0 fully saturated rings.